The molecule has 1 atom stereocenters. The minimum absolute atomic E-state index is 0.301. The van der Waals surface area contributed by atoms with E-state index in [2.05, 4.69) is 31.1 Å². The van der Waals surface area contributed by atoms with Crippen molar-refractivity contribution in [2.75, 3.05) is 5.32 Å². The molecule has 0 aliphatic carbocycles. The Morgan fingerprint density at radius 3 is 2.77 bits per heavy atom. The fourth-order valence-corrected chi connectivity index (χ4v) is 3.97. The number of H-pyrrole nitrogens is 1. The summed E-state index contributed by atoms with van der Waals surface area (Å²) in [5, 5.41) is 17.3. The van der Waals surface area contributed by atoms with Crippen molar-refractivity contribution >= 4 is 39.4 Å². The van der Waals surface area contributed by atoms with Crippen LogP contribution in [-0.4, -0.2) is 27.1 Å². The van der Waals surface area contributed by atoms with E-state index in [1.54, 1.807) is 19.2 Å². The van der Waals surface area contributed by atoms with Gasteiger partial charge in [0.1, 0.15) is 0 Å². The van der Waals surface area contributed by atoms with Gasteiger partial charge in [-0.3, -0.25) is 14.9 Å². The van der Waals surface area contributed by atoms with Crippen LogP contribution >= 0.6 is 0 Å². The highest BCUT2D eigenvalue weighted by Crippen LogP contribution is 2.31. The van der Waals surface area contributed by atoms with Crippen LogP contribution in [0.1, 0.15) is 24.2 Å². The number of benzene rings is 2. The van der Waals surface area contributed by atoms with Gasteiger partial charge in [0.15, 0.2) is 0 Å². The van der Waals surface area contributed by atoms with E-state index in [-0.39, 0.29) is 11.9 Å². The summed E-state index contributed by atoms with van der Waals surface area (Å²) < 4.78 is 0. The average molecular weight is 412 g/mol. The summed E-state index contributed by atoms with van der Waals surface area (Å²) >= 11 is 0. The van der Waals surface area contributed by atoms with E-state index in [0.29, 0.717) is 17.0 Å². The molecule has 0 saturated heterocycles. The minimum atomic E-state index is -0.622. The van der Waals surface area contributed by atoms with Gasteiger partial charge in [-0.1, -0.05) is 18.2 Å². The Kier molecular flexibility index (Phi) is 4.39. The third kappa shape index (κ3) is 3.38. The number of para-hydroxylation sites is 1. The number of hydrogen-bond donors (Lipinski definition) is 4. The van der Waals surface area contributed by atoms with Crippen LogP contribution in [-0.2, 0) is 4.79 Å². The lowest BCUT2D eigenvalue weighted by atomic mass is 9.92. The molecule has 0 saturated carbocycles. The number of pyridine rings is 1. The number of carbonyl (C=O) groups excluding carboxylic acids is 2. The van der Waals surface area contributed by atoms with E-state index >= 15 is 0 Å². The SMILES string of the molecule is CC1=C(C(=O)Nc2ccc3[nH]ncc3c2)C(c2cc3ccccc3nc2C)NC(=O)N1. The molecule has 3 amide bonds. The Labute approximate surface area is 177 Å². The second-order valence-electron chi connectivity index (χ2n) is 7.55. The first-order valence-electron chi connectivity index (χ1n) is 9.88. The van der Waals surface area contributed by atoms with Crippen LogP contribution in [0.25, 0.3) is 21.8 Å². The van der Waals surface area contributed by atoms with Crippen molar-refractivity contribution < 1.29 is 9.59 Å². The molecule has 0 radical (unpaired) electrons. The summed E-state index contributed by atoms with van der Waals surface area (Å²) in [5.74, 6) is -0.301. The maximum absolute atomic E-state index is 13.3. The molecular weight excluding hydrogens is 392 g/mol. The molecule has 5 rings (SSSR count). The molecule has 154 valence electrons. The van der Waals surface area contributed by atoms with Crippen molar-refractivity contribution in [2.24, 2.45) is 0 Å². The Bertz CT molecular complexity index is 1390. The molecule has 1 aliphatic rings. The smallest absolute Gasteiger partial charge is 0.319 e. The third-order valence-electron chi connectivity index (χ3n) is 5.48. The van der Waals surface area contributed by atoms with Crippen molar-refractivity contribution in [3.63, 3.8) is 0 Å². The Morgan fingerprint density at radius 1 is 1.06 bits per heavy atom. The number of allylic oxidation sites excluding steroid dienone is 1. The molecule has 0 bridgehead atoms. The molecule has 0 fully saturated rings. The van der Waals surface area contributed by atoms with Crippen LogP contribution in [0.3, 0.4) is 0 Å². The van der Waals surface area contributed by atoms with E-state index < -0.39 is 6.04 Å². The van der Waals surface area contributed by atoms with Gasteiger partial charge in [0, 0.05) is 33.4 Å². The molecule has 0 spiro atoms. The van der Waals surface area contributed by atoms with E-state index in [1.165, 1.54) is 0 Å². The van der Waals surface area contributed by atoms with Gasteiger partial charge in [-0.05, 0) is 44.2 Å². The summed E-state index contributed by atoms with van der Waals surface area (Å²) in [4.78, 5) is 30.2. The van der Waals surface area contributed by atoms with Crippen molar-refractivity contribution in [1.29, 1.82) is 0 Å². The topological polar surface area (TPSA) is 112 Å². The number of amides is 3. The largest absolute Gasteiger partial charge is 0.327 e. The lowest BCUT2D eigenvalue weighted by molar-refractivity contribution is -0.113. The normalized spacial score (nSPS) is 16.3. The van der Waals surface area contributed by atoms with Crippen molar-refractivity contribution in [1.82, 2.24) is 25.8 Å². The van der Waals surface area contributed by atoms with Crippen LogP contribution < -0.4 is 16.0 Å². The predicted molar refractivity (Wildman–Crippen MR) is 118 cm³/mol. The van der Waals surface area contributed by atoms with E-state index in [1.807, 2.05) is 49.4 Å². The van der Waals surface area contributed by atoms with Crippen LogP contribution in [0.5, 0.6) is 0 Å². The van der Waals surface area contributed by atoms with Crippen LogP contribution in [0.15, 0.2) is 66.0 Å². The van der Waals surface area contributed by atoms with Gasteiger partial charge in [0.05, 0.1) is 28.8 Å². The summed E-state index contributed by atoms with van der Waals surface area (Å²) in [6.07, 6.45) is 1.70. The number of hydrogen-bond acceptors (Lipinski definition) is 4. The molecule has 4 aromatic rings. The molecule has 8 nitrogen and oxygen atoms in total. The highest BCUT2D eigenvalue weighted by Gasteiger charge is 2.32. The zero-order valence-corrected chi connectivity index (χ0v) is 17.0. The molecule has 31 heavy (non-hydrogen) atoms. The minimum Gasteiger partial charge on any atom is -0.327 e. The van der Waals surface area contributed by atoms with E-state index in [0.717, 1.165) is 33.1 Å². The second-order valence-corrected chi connectivity index (χ2v) is 7.55. The molecular formula is C23H20N6O2. The number of carbonyl (C=O) groups is 2. The van der Waals surface area contributed by atoms with Gasteiger partial charge in [-0.25, -0.2) is 4.79 Å². The molecule has 3 heterocycles. The molecule has 2 aromatic carbocycles. The lowest BCUT2D eigenvalue weighted by Gasteiger charge is -2.29. The molecule has 2 aromatic heterocycles. The summed E-state index contributed by atoms with van der Waals surface area (Å²) in [5.41, 5.74) is 4.87. The van der Waals surface area contributed by atoms with Crippen LogP contribution in [0.2, 0.25) is 0 Å². The third-order valence-corrected chi connectivity index (χ3v) is 5.48. The Balaban J connectivity index is 1.54. The average Bonchev–Trinajstić information content (AvgIpc) is 3.20. The maximum Gasteiger partial charge on any atom is 0.319 e. The van der Waals surface area contributed by atoms with Crippen LogP contribution in [0.4, 0.5) is 10.5 Å². The number of rotatable bonds is 3. The van der Waals surface area contributed by atoms with Crippen LogP contribution in [0, 0.1) is 6.92 Å². The molecule has 8 heteroatoms. The lowest BCUT2D eigenvalue weighted by Crippen LogP contribution is -2.46. The monoisotopic (exact) mass is 412 g/mol. The van der Waals surface area contributed by atoms with Crippen molar-refractivity contribution in [3.8, 4) is 0 Å². The standard InChI is InChI=1S/C23H20N6O2/c1-12-17(10-14-5-3-4-6-18(14)25-12)21-20(13(2)26-23(31)28-21)22(30)27-16-7-8-19-15(9-16)11-24-29-19/h3-11,21H,1-2H3,(H,24,29)(H,27,30)(H2,26,28,31). The van der Waals surface area contributed by atoms with Gasteiger partial charge in [0.2, 0.25) is 0 Å². The highest BCUT2D eigenvalue weighted by molar-refractivity contribution is 6.07. The number of aryl methyl sites for hydroxylation is 1. The number of aromatic amines is 1. The number of aromatic nitrogens is 3. The second kappa shape index (κ2) is 7.24. The Hall–Kier alpha value is -4.20. The van der Waals surface area contributed by atoms with Crippen molar-refractivity contribution in [2.45, 2.75) is 19.9 Å². The number of anilines is 1. The number of nitrogens with zero attached hydrogens (tertiary/aromatic N) is 2. The highest BCUT2D eigenvalue weighted by atomic mass is 16.2. The maximum atomic E-state index is 13.3. The summed E-state index contributed by atoms with van der Waals surface area (Å²) in [6, 6.07) is 14.3. The number of urea groups is 1. The first-order valence-corrected chi connectivity index (χ1v) is 9.88. The zero-order valence-electron chi connectivity index (χ0n) is 17.0. The van der Waals surface area contributed by atoms with Gasteiger partial charge < -0.3 is 16.0 Å². The van der Waals surface area contributed by atoms with Gasteiger partial charge in [-0.15, -0.1) is 0 Å². The van der Waals surface area contributed by atoms with Gasteiger partial charge in [-0.2, -0.15) is 5.10 Å². The van der Waals surface area contributed by atoms with Crippen molar-refractivity contribution in [3.05, 3.63) is 77.3 Å². The molecule has 1 unspecified atom stereocenters. The van der Waals surface area contributed by atoms with Gasteiger partial charge >= 0.3 is 6.03 Å². The summed E-state index contributed by atoms with van der Waals surface area (Å²) in [7, 11) is 0. The number of nitrogens with one attached hydrogen (secondary N) is 4. The first kappa shape index (κ1) is 18.8. The Morgan fingerprint density at radius 2 is 1.90 bits per heavy atom. The predicted octanol–water partition coefficient (Wildman–Crippen LogP) is 3.69. The van der Waals surface area contributed by atoms with E-state index in [4.69, 9.17) is 0 Å². The fraction of sp³-hybridized carbons (Fsp3) is 0.130. The van der Waals surface area contributed by atoms with Gasteiger partial charge in [0.25, 0.3) is 5.91 Å². The summed E-state index contributed by atoms with van der Waals surface area (Å²) in [6.45, 7) is 3.61. The fourth-order valence-electron chi connectivity index (χ4n) is 3.97. The first-order chi connectivity index (χ1) is 15.0. The van der Waals surface area contributed by atoms with E-state index in [9.17, 15) is 9.59 Å². The zero-order chi connectivity index (χ0) is 21.5. The quantitative estimate of drug-likeness (QED) is 0.411. The molecule has 1 aliphatic heterocycles. The molecule has 4 N–H and O–H groups in total. The number of fused-ring (bicyclic) bond motifs is 2.